The van der Waals surface area contributed by atoms with Gasteiger partial charge in [-0.05, 0) is 56.8 Å². The number of hydrogen-bond donors (Lipinski definition) is 1. The van der Waals surface area contributed by atoms with Crippen LogP contribution in [0, 0.1) is 0 Å². The lowest BCUT2D eigenvalue weighted by Gasteiger charge is -2.35. The molecule has 0 radical (unpaired) electrons. The van der Waals surface area contributed by atoms with Gasteiger partial charge in [-0.15, -0.1) is 12.4 Å². The lowest BCUT2D eigenvalue weighted by atomic mass is 9.93. The number of carbonyl (C=O) groups is 1. The van der Waals surface area contributed by atoms with Crippen molar-refractivity contribution in [2.75, 3.05) is 27.2 Å². The summed E-state index contributed by atoms with van der Waals surface area (Å²) in [4.78, 5) is 18.1. The molecule has 1 N–H and O–H groups in total. The Balaban J connectivity index is 0.00000408. The van der Waals surface area contributed by atoms with E-state index in [2.05, 4.69) is 10.3 Å². The summed E-state index contributed by atoms with van der Waals surface area (Å²) in [7, 11) is -0.155. The number of nitrogens with zero attached hydrogens (tertiary/aromatic N) is 3. The van der Waals surface area contributed by atoms with Crippen LogP contribution in [0.1, 0.15) is 41.6 Å². The third-order valence-corrected chi connectivity index (χ3v) is 7.80. The van der Waals surface area contributed by atoms with E-state index in [1.807, 2.05) is 19.0 Å². The summed E-state index contributed by atoms with van der Waals surface area (Å²) >= 11 is 5.82. The van der Waals surface area contributed by atoms with E-state index < -0.39 is 22.2 Å². The van der Waals surface area contributed by atoms with Crippen LogP contribution in [-0.2, 0) is 16.6 Å². The molecule has 7 nitrogen and oxygen atoms in total. The topological polar surface area (TPSA) is 82.6 Å². The minimum atomic E-state index is -4.01. The average Bonchev–Trinajstić information content (AvgIpc) is 2.78. The Morgan fingerprint density at radius 2 is 1.82 bits per heavy atom. The number of rotatable bonds is 9. The van der Waals surface area contributed by atoms with E-state index in [9.17, 15) is 17.6 Å². The molecule has 1 fully saturated rings. The lowest BCUT2D eigenvalue weighted by Crippen LogP contribution is -2.46. The van der Waals surface area contributed by atoms with Gasteiger partial charge in [0.25, 0.3) is 5.91 Å². The number of likely N-dealkylation sites (N-methyl/N-ethyl adjacent to an activating group) is 1. The fourth-order valence-corrected chi connectivity index (χ4v) is 5.58. The van der Waals surface area contributed by atoms with Gasteiger partial charge >= 0.3 is 0 Å². The van der Waals surface area contributed by atoms with E-state index in [1.54, 1.807) is 24.3 Å². The SMILES string of the molecule is CN(C)CCNC(=O)c1ccc(CN(C2CCCCC2F)S(=O)(=O)c2ccc(Cl)nc2)cc1.Cl. The number of nitrogens with one attached hydrogen (secondary N) is 1. The lowest BCUT2D eigenvalue weighted by molar-refractivity contribution is 0.0951. The van der Waals surface area contributed by atoms with Crippen LogP contribution in [-0.4, -0.2) is 67.9 Å². The van der Waals surface area contributed by atoms with E-state index in [1.165, 1.54) is 22.6 Å². The van der Waals surface area contributed by atoms with Crippen molar-refractivity contribution in [1.29, 1.82) is 0 Å². The van der Waals surface area contributed by atoms with Gasteiger partial charge in [0.1, 0.15) is 16.2 Å². The number of halogens is 3. The summed E-state index contributed by atoms with van der Waals surface area (Å²) in [6.07, 6.45) is 2.25. The Kier molecular flexibility index (Phi) is 10.7. The molecule has 34 heavy (non-hydrogen) atoms. The highest BCUT2D eigenvalue weighted by Gasteiger charge is 2.38. The van der Waals surface area contributed by atoms with Gasteiger partial charge in [0.15, 0.2) is 0 Å². The predicted octanol–water partition coefficient (Wildman–Crippen LogP) is 3.92. The van der Waals surface area contributed by atoms with Gasteiger partial charge in [0, 0.05) is 31.4 Å². The smallest absolute Gasteiger partial charge is 0.251 e. The van der Waals surface area contributed by atoms with Crippen LogP contribution in [0.25, 0.3) is 0 Å². The van der Waals surface area contributed by atoms with Gasteiger partial charge in [-0.2, -0.15) is 4.31 Å². The van der Waals surface area contributed by atoms with Crippen molar-refractivity contribution in [2.24, 2.45) is 0 Å². The highest BCUT2D eigenvalue weighted by atomic mass is 35.5. The van der Waals surface area contributed by atoms with Crippen LogP contribution in [0.3, 0.4) is 0 Å². The molecular formula is C23H31Cl2FN4O3S. The number of sulfonamides is 1. The van der Waals surface area contributed by atoms with Crippen molar-refractivity contribution in [1.82, 2.24) is 19.5 Å². The van der Waals surface area contributed by atoms with Crippen molar-refractivity contribution in [3.8, 4) is 0 Å². The van der Waals surface area contributed by atoms with Crippen molar-refractivity contribution in [2.45, 2.75) is 49.3 Å². The van der Waals surface area contributed by atoms with E-state index in [-0.39, 0.29) is 34.9 Å². The van der Waals surface area contributed by atoms with Crippen LogP contribution in [0.4, 0.5) is 4.39 Å². The highest BCUT2D eigenvalue weighted by Crippen LogP contribution is 2.31. The third-order valence-electron chi connectivity index (χ3n) is 5.72. The zero-order valence-corrected chi connectivity index (χ0v) is 21.7. The second kappa shape index (κ2) is 12.8. The summed E-state index contributed by atoms with van der Waals surface area (Å²) in [6.45, 7) is 1.24. The molecule has 1 saturated carbocycles. The van der Waals surface area contributed by atoms with Crippen molar-refractivity contribution >= 4 is 39.9 Å². The first-order valence-corrected chi connectivity index (χ1v) is 12.8. The predicted molar refractivity (Wildman–Crippen MR) is 134 cm³/mol. The van der Waals surface area contributed by atoms with E-state index in [0.717, 1.165) is 19.4 Å². The summed E-state index contributed by atoms with van der Waals surface area (Å²) < 4.78 is 43.0. The van der Waals surface area contributed by atoms with Gasteiger partial charge in [0.2, 0.25) is 10.0 Å². The Hall–Kier alpha value is -1.78. The first kappa shape index (κ1) is 28.5. The number of alkyl halides is 1. The molecule has 1 aromatic heterocycles. The molecule has 0 bridgehead atoms. The van der Waals surface area contributed by atoms with Crippen LogP contribution in [0.2, 0.25) is 5.15 Å². The van der Waals surface area contributed by atoms with Gasteiger partial charge in [-0.25, -0.2) is 17.8 Å². The third kappa shape index (κ3) is 7.36. The molecule has 2 unspecified atom stereocenters. The molecule has 0 spiro atoms. The minimum absolute atomic E-state index is 0. The normalized spacial score (nSPS) is 18.5. The fraction of sp³-hybridized carbons (Fsp3) is 0.478. The number of amides is 1. The number of pyridine rings is 1. The summed E-state index contributed by atoms with van der Waals surface area (Å²) in [5.41, 5.74) is 1.15. The van der Waals surface area contributed by atoms with E-state index in [4.69, 9.17) is 11.6 Å². The summed E-state index contributed by atoms with van der Waals surface area (Å²) in [5.74, 6) is -0.198. The van der Waals surface area contributed by atoms with Crippen LogP contribution >= 0.6 is 24.0 Å². The second-order valence-corrected chi connectivity index (χ2v) is 10.8. The molecule has 1 aliphatic rings. The van der Waals surface area contributed by atoms with Gasteiger partial charge in [0.05, 0.1) is 6.04 Å². The minimum Gasteiger partial charge on any atom is -0.351 e. The van der Waals surface area contributed by atoms with Crippen molar-refractivity contribution in [3.63, 3.8) is 0 Å². The molecule has 3 rings (SSSR count). The van der Waals surface area contributed by atoms with Crippen LogP contribution < -0.4 is 5.32 Å². The molecule has 1 heterocycles. The quantitative estimate of drug-likeness (QED) is 0.495. The first-order chi connectivity index (χ1) is 15.7. The number of aromatic nitrogens is 1. The van der Waals surface area contributed by atoms with Crippen LogP contribution in [0.15, 0.2) is 47.5 Å². The zero-order valence-electron chi connectivity index (χ0n) is 19.3. The maximum absolute atomic E-state index is 14.9. The molecule has 2 aromatic rings. The molecule has 0 aliphatic heterocycles. The van der Waals surface area contributed by atoms with Gasteiger partial charge < -0.3 is 10.2 Å². The maximum atomic E-state index is 14.9. The maximum Gasteiger partial charge on any atom is 0.251 e. The molecule has 188 valence electrons. The Bertz CT molecular complexity index is 1040. The molecular weight excluding hydrogens is 502 g/mol. The van der Waals surface area contributed by atoms with Gasteiger partial charge in [-0.1, -0.05) is 36.6 Å². The first-order valence-electron chi connectivity index (χ1n) is 11.0. The average molecular weight is 533 g/mol. The summed E-state index contributed by atoms with van der Waals surface area (Å²) in [6, 6.07) is 8.76. The number of hydrogen-bond acceptors (Lipinski definition) is 5. The largest absolute Gasteiger partial charge is 0.351 e. The number of benzene rings is 1. The highest BCUT2D eigenvalue weighted by molar-refractivity contribution is 7.89. The van der Waals surface area contributed by atoms with Crippen molar-refractivity contribution in [3.05, 3.63) is 58.9 Å². The Labute approximate surface area is 212 Å². The standard InChI is InChI=1S/C23H30ClFN4O3S.ClH/c1-28(2)14-13-26-23(30)18-9-7-17(8-10-18)16-29(21-6-4-3-5-20(21)25)33(31,32)19-11-12-22(24)27-15-19;/h7-12,15,20-21H,3-6,13-14,16H2,1-2H3,(H,26,30);1H. The monoisotopic (exact) mass is 532 g/mol. The molecule has 1 amide bonds. The molecule has 1 aromatic carbocycles. The second-order valence-electron chi connectivity index (χ2n) is 8.49. The number of carbonyl (C=O) groups excluding carboxylic acids is 1. The van der Waals surface area contributed by atoms with E-state index in [0.29, 0.717) is 30.5 Å². The molecule has 2 atom stereocenters. The van der Waals surface area contributed by atoms with E-state index >= 15 is 0 Å². The van der Waals surface area contributed by atoms with Crippen LogP contribution in [0.5, 0.6) is 0 Å². The molecule has 0 saturated heterocycles. The fourth-order valence-electron chi connectivity index (χ4n) is 3.86. The Morgan fingerprint density at radius 1 is 1.15 bits per heavy atom. The molecule has 1 aliphatic carbocycles. The van der Waals surface area contributed by atoms with Crippen molar-refractivity contribution < 1.29 is 17.6 Å². The Morgan fingerprint density at radius 3 is 2.41 bits per heavy atom. The van der Waals surface area contributed by atoms with Gasteiger partial charge in [-0.3, -0.25) is 4.79 Å². The zero-order chi connectivity index (χ0) is 24.0. The summed E-state index contributed by atoms with van der Waals surface area (Å²) in [5, 5.41) is 3.03. The molecule has 11 heteroatoms.